The Labute approximate surface area is 193 Å². The van der Waals surface area contributed by atoms with Crippen molar-refractivity contribution in [3.8, 4) is 5.95 Å². The predicted octanol–water partition coefficient (Wildman–Crippen LogP) is -1.69. The maximum absolute atomic E-state index is 12.0. The minimum atomic E-state index is -1.33. The van der Waals surface area contributed by atoms with Crippen LogP contribution in [-0.4, -0.2) is 99.7 Å². The van der Waals surface area contributed by atoms with Crippen LogP contribution in [-0.2, 0) is 4.74 Å². The number of hydrogen-bond acceptors (Lipinski definition) is 11. The fourth-order valence-electron chi connectivity index (χ4n) is 4.38. The van der Waals surface area contributed by atoms with Crippen LogP contribution in [0.15, 0.2) is 18.7 Å². The van der Waals surface area contributed by atoms with Crippen molar-refractivity contribution < 1.29 is 30.0 Å². The van der Waals surface area contributed by atoms with Crippen LogP contribution in [0.5, 0.6) is 0 Å². The molecule has 4 heterocycles. The number of amides is 1. The van der Waals surface area contributed by atoms with Gasteiger partial charge in [-0.15, -0.1) is 0 Å². The van der Waals surface area contributed by atoms with E-state index in [0.29, 0.717) is 23.3 Å². The fourth-order valence-corrected chi connectivity index (χ4v) is 4.38. The minimum Gasteiger partial charge on any atom is -0.394 e. The van der Waals surface area contributed by atoms with Gasteiger partial charge in [0.15, 0.2) is 23.2 Å². The molecule has 6 atom stereocenters. The van der Waals surface area contributed by atoms with Crippen LogP contribution in [0.25, 0.3) is 17.1 Å². The maximum Gasteiger partial charge on any atom is 0.254 e. The van der Waals surface area contributed by atoms with Crippen LogP contribution in [0.2, 0.25) is 0 Å². The number of carbonyl (C=O) groups is 1. The van der Waals surface area contributed by atoms with Crippen LogP contribution in [0.4, 0.5) is 5.82 Å². The first kappa shape index (κ1) is 22.6. The maximum atomic E-state index is 12.0. The van der Waals surface area contributed by atoms with Gasteiger partial charge in [0.1, 0.15) is 18.3 Å². The molecular weight excluding hydrogens is 448 g/mol. The van der Waals surface area contributed by atoms with Gasteiger partial charge in [-0.05, 0) is 19.3 Å². The summed E-state index contributed by atoms with van der Waals surface area (Å²) in [7, 11) is 1.51. The second-order valence-electron chi connectivity index (χ2n) is 8.43. The van der Waals surface area contributed by atoms with E-state index >= 15 is 0 Å². The van der Waals surface area contributed by atoms with Crippen molar-refractivity contribution in [1.29, 1.82) is 0 Å². The number of imidazole rings is 1. The van der Waals surface area contributed by atoms with E-state index in [2.05, 4.69) is 30.7 Å². The second-order valence-corrected chi connectivity index (χ2v) is 8.43. The largest absolute Gasteiger partial charge is 0.394 e. The van der Waals surface area contributed by atoms with E-state index in [4.69, 9.17) is 4.74 Å². The molecule has 6 N–H and O–H groups in total. The highest BCUT2D eigenvalue weighted by molar-refractivity contribution is 5.93. The highest BCUT2D eigenvalue weighted by Crippen LogP contribution is 2.33. The summed E-state index contributed by atoms with van der Waals surface area (Å²) in [6.45, 7) is -0.469. The Balaban J connectivity index is 1.60. The van der Waals surface area contributed by atoms with Crippen LogP contribution in [0.1, 0.15) is 35.8 Å². The Bertz CT molecular complexity index is 1200. The third kappa shape index (κ3) is 3.78. The molecule has 5 rings (SSSR count). The summed E-state index contributed by atoms with van der Waals surface area (Å²) in [4.78, 5) is 25.4. The van der Waals surface area contributed by atoms with Crippen molar-refractivity contribution in [2.45, 2.75) is 55.9 Å². The van der Waals surface area contributed by atoms with E-state index in [1.807, 2.05) is 0 Å². The summed E-state index contributed by atoms with van der Waals surface area (Å²) >= 11 is 0. The van der Waals surface area contributed by atoms with Crippen molar-refractivity contribution in [3.05, 3.63) is 24.3 Å². The van der Waals surface area contributed by atoms with Gasteiger partial charge in [0, 0.05) is 13.2 Å². The average molecular weight is 474 g/mol. The summed E-state index contributed by atoms with van der Waals surface area (Å²) < 4.78 is 8.43. The molecule has 0 spiro atoms. The SMILES string of the molecule is CNC(=O)c1cnn(-c2nc(NC3CCCC3O)c3ncn([C@@H]4O[C@H](CO)[C@@H](O)[C@H]4O)c3n2)c1. The standard InChI is InChI=1S/C20H26N8O6/c1-21-18(33)9-5-23-28(6-9)20-25-16(24-10-3-2-4-11(10)30)13-17(26-20)27(8-22-13)19-15(32)14(31)12(7-29)34-19/h5-6,8,10-12,14-15,19,29-32H,2-4,7H2,1H3,(H,21,33)(H,24,25,26)/t10?,11?,12-,14-,15-,19-/m1/s1. The number of aliphatic hydroxyl groups is 4. The Morgan fingerprint density at radius 3 is 2.74 bits per heavy atom. The van der Waals surface area contributed by atoms with E-state index in [-0.39, 0.29) is 23.5 Å². The van der Waals surface area contributed by atoms with Gasteiger partial charge in [0.2, 0.25) is 0 Å². The lowest BCUT2D eigenvalue weighted by Crippen LogP contribution is -2.33. The third-order valence-electron chi connectivity index (χ3n) is 6.28. The lowest BCUT2D eigenvalue weighted by Gasteiger charge is -2.19. The van der Waals surface area contributed by atoms with Gasteiger partial charge in [-0.25, -0.2) is 9.67 Å². The third-order valence-corrected chi connectivity index (χ3v) is 6.28. The van der Waals surface area contributed by atoms with Crippen LogP contribution in [0, 0.1) is 0 Å². The molecule has 0 bridgehead atoms. The smallest absolute Gasteiger partial charge is 0.254 e. The van der Waals surface area contributed by atoms with Crippen molar-refractivity contribution >= 4 is 22.9 Å². The summed E-state index contributed by atoms with van der Waals surface area (Å²) in [6.07, 6.45) is 1.36. The van der Waals surface area contributed by atoms with Crippen LogP contribution >= 0.6 is 0 Å². The summed E-state index contributed by atoms with van der Waals surface area (Å²) in [6, 6.07) is -0.232. The number of ether oxygens (including phenoxy) is 1. The molecule has 3 aromatic rings. The molecule has 0 radical (unpaired) electrons. The quantitative estimate of drug-likeness (QED) is 0.239. The normalized spacial score (nSPS) is 29.1. The Kier molecular flexibility index (Phi) is 5.91. The first-order valence-electron chi connectivity index (χ1n) is 11.0. The Morgan fingerprint density at radius 1 is 1.24 bits per heavy atom. The number of anilines is 1. The number of fused-ring (bicyclic) bond motifs is 1. The average Bonchev–Trinajstić information content (AvgIpc) is 3.62. The molecule has 14 heteroatoms. The van der Waals surface area contributed by atoms with Crippen molar-refractivity contribution in [1.82, 2.24) is 34.6 Å². The zero-order chi connectivity index (χ0) is 24.0. The Hall–Kier alpha value is -3.17. The zero-order valence-electron chi connectivity index (χ0n) is 18.3. The number of hydrogen-bond donors (Lipinski definition) is 6. The first-order chi connectivity index (χ1) is 16.4. The molecule has 2 fully saturated rings. The minimum absolute atomic E-state index is 0.117. The predicted molar refractivity (Wildman–Crippen MR) is 116 cm³/mol. The molecular formula is C20H26N8O6. The van der Waals surface area contributed by atoms with Gasteiger partial charge < -0.3 is 35.8 Å². The second kappa shape index (κ2) is 8.88. The topological polar surface area (TPSA) is 193 Å². The van der Waals surface area contributed by atoms with Crippen molar-refractivity contribution in [2.75, 3.05) is 19.0 Å². The van der Waals surface area contributed by atoms with Crippen LogP contribution in [0.3, 0.4) is 0 Å². The summed E-state index contributed by atoms with van der Waals surface area (Å²) in [5.74, 6) is 0.135. The number of aromatic nitrogens is 6. The molecule has 34 heavy (non-hydrogen) atoms. The zero-order valence-corrected chi connectivity index (χ0v) is 18.3. The monoisotopic (exact) mass is 474 g/mol. The molecule has 3 aromatic heterocycles. The van der Waals surface area contributed by atoms with Gasteiger partial charge >= 0.3 is 0 Å². The van der Waals surface area contributed by atoms with E-state index in [0.717, 1.165) is 12.8 Å². The first-order valence-corrected chi connectivity index (χ1v) is 11.0. The van der Waals surface area contributed by atoms with Gasteiger partial charge in [0.25, 0.3) is 11.9 Å². The van der Waals surface area contributed by atoms with E-state index in [1.165, 1.54) is 35.0 Å². The van der Waals surface area contributed by atoms with Crippen LogP contribution < -0.4 is 10.6 Å². The Morgan fingerprint density at radius 2 is 2.06 bits per heavy atom. The fraction of sp³-hybridized carbons (Fsp3) is 0.550. The number of rotatable bonds is 6. The van der Waals surface area contributed by atoms with Gasteiger partial charge in [0.05, 0.1) is 36.8 Å². The van der Waals surface area contributed by atoms with Crippen molar-refractivity contribution in [2.24, 2.45) is 0 Å². The molecule has 14 nitrogen and oxygen atoms in total. The highest BCUT2D eigenvalue weighted by atomic mass is 16.6. The van der Waals surface area contributed by atoms with E-state index < -0.39 is 37.3 Å². The molecule has 2 unspecified atom stereocenters. The van der Waals surface area contributed by atoms with Gasteiger partial charge in [-0.1, -0.05) is 0 Å². The molecule has 1 aliphatic heterocycles. The molecule has 1 aliphatic carbocycles. The molecule has 2 aliphatic rings. The molecule has 0 aromatic carbocycles. The number of aliphatic hydroxyl groups excluding tert-OH is 4. The van der Waals surface area contributed by atoms with Gasteiger partial charge in [-0.2, -0.15) is 15.1 Å². The molecule has 1 saturated carbocycles. The number of nitrogens with one attached hydrogen (secondary N) is 2. The lowest BCUT2D eigenvalue weighted by molar-refractivity contribution is -0.0511. The van der Waals surface area contributed by atoms with E-state index in [1.54, 1.807) is 0 Å². The lowest BCUT2D eigenvalue weighted by atomic mass is 10.1. The number of nitrogens with zero attached hydrogens (tertiary/aromatic N) is 6. The van der Waals surface area contributed by atoms with E-state index in [9.17, 15) is 25.2 Å². The highest BCUT2D eigenvalue weighted by Gasteiger charge is 2.44. The molecule has 1 amide bonds. The van der Waals surface area contributed by atoms with Crippen molar-refractivity contribution in [3.63, 3.8) is 0 Å². The van der Waals surface area contributed by atoms with Gasteiger partial charge in [-0.3, -0.25) is 9.36 Å². The summed E-state index contributed by atoms with van der Waals surface area (Å²) in [5, 5.41) is 50.4. The number of carbonyl (C=O) groups excluding carboxylic acids is 1. The molecule has 1 saturated heterocycles. The summed E-state index contributed by atoms with van der Waals surface area (Å²) in [5.41, 5.74) is 0.940. The molecule has 182 valence electrons.